The molecule has 4 nitrogen and oxygen atoms in total. The summed E-state index contributed by atoms with van der Waals surface area (Å²) in [6, 6.07) is 10.2. The molecule has 0 spiro atoms. The Kier molecular flexibility index (Phi) is 4.93. The van der Waals surface area contributed by atoms with Gasteiger partial charge in [-0.2, -0.15) is 4.98 Å². The second-order valence-electron chi connectivity index (χ2n) is 4.55. The molecule has 0 radical (unpaired) electrons. The maximum absolute atomic E-state index is 4.59. The first-order valence-corrected chi connectivity index (χ1v) is 7.21. The van der Waals surface area contributed by atoms with Gasteiger partial charge in [-0.15, -0.1) is 0 Å². The molecule has 106 valence electrons. The second-order valence-corrected chi connectivity index (χ2v) is 4.55. The molecule has 1 heterocycles. The minimum absolute atomic E-state index is 0.648. The van der Waals surface area contributed by atoms with Crippen LogP contribution in [0.1, 0.15) is 26.3 Å². The standard InChI is InChI=1S/C16H22N4/c1-4-13-9-7-8-10-14(13)18-16-17-12-11-15(19-16)20(5-2)6-3/h7-12H,4-6H2,1-3H3,(H,17,18,19). The average Bonchev–Trinajstić information content (AvgIpc) is 2.49. The van der Waals surface area contributed by atoms with Gasteiger partial charge in [-0.3, -0.25) is 0 Å². The highest BCUT2D eigenvalue weighted by atomic mass is 15.2. The lowest BCUT2D eigenvalue weighted by Gasteiger charge is -2.20. The summed E-state index contributed by atoms with van der Waals surface area (Å²) in [4.78, 5) is 11.1. The third-order valence-electron chi connectivity index (χ3n) is 3.37. The van der Waals surface area contributed by atoms with Gasteiger partial charge in [0.15, 0.2) is 0 Å². The molecule has 1 N–H and O–H groups in total. The summed E-state index contributed by atoms with van der Waals surface area (Å²) in [5, 5.41) is 3.32. The van der Waals surface area contributed by atoms with E-state index in [1.807, 2.05) is 12.1 Å². The first kappa shape index (κ1) is 14.3. The number of para-hydroxylation sites is 1. The second kappa shape index (κ2) is 6.89. The van der Waals surface area contributed by atoms with Crippen molar-refractivity contribution in [2.24, 2.45) is 0 Å². The minimum Gasteiger partial charge on any atom is -0.357 e. The van der Waals surface area contributed by atoms with Crippen molar-refractivity contribution in [1.82, 2.24) is 9.97 Å². The van der Waals surface area contributed by atoms with E-state index in [2.05, 4.69) is 59.2 Å². The van der Waals surface area contributed by atoms with Crippen molar-refractivity contribution >= 4 is 17.5 Å². The van der Waals surface area contributed by atoms with Gasteiger partial charge in [0.1, 0.15) is 5.82 Å². The average molecular weight is 270 g/mol. The van der Waals surface area contributed by atoms with Crippen LogP contribution in [0.5, 0.6) is 0 Å². The molecule has 0 aliphatic heterocycles. The number of rotatable bonds is 6. The van der Waals surface area contributed by atoms with Crippen LogP contribution in [0.4, 0.5) is 17.5 Å². The molecule has 0 aliphatic carbocycles. The zero-order chi connectivity index (χ0) is 14.4. The monoisotopic (exact) mass is 270 g/mol. The Balaban J connectivity index is 2.23. The van der Waals surface area contributed by atoms with Crippen LogP contribution in [0.15, 0.2) is 36.5 Å². The summed E-state index contributed by atoms with van der Waals surface area (Å²) in [7, 11) is 0. The molecule has 0 aliphatic rings. The highest BCUT2D eigenvalue weighted by molar-refractivity contribution is 5.59. The summed E-state index contributed by atoms with van der Waals surface area (Å²) < 4.78 is 0. The molecule has 4 heteroatoms. The van der Waals surface area contributed by atoms with Crippen molar-refractivity contribution in [3.05, 3.63) is 42.1 Å². The Morgan fingerprint density at radius 2 is 1.80 bits per heavy atom. The zero-order valence-corrected chi connectivity index (χ0v) is 12.4. The third-order valence-corrected chi connectivity index (χ3v) is 3.37. The van der Waals surface area contributed by atoms with Gasteiger partial charge in [0.2, 0.25) is 5.95 Å². The van der Waals surface area contributed by atoms with Crippen molar-refractivity contribution in [2.75, 3.05) is 23.3 Å². The molecular weight excluding hydrogens is 248 g/mol. The molecule has 20 heavy (non-hydrogen) atoms. The number of hydrogen-bond acceptors (Lipinski definition) is 4. The molecule has 0 fully saturated rings. The number of hydrogen-bond donors (Lipinski definition) is 1. The Morgan fingerprint density at radius 3 is 2.50 bits per heavy atom. The summed E-state index contributed by atoms with van der Waals surface area (Å²) in [6.07, 6.45) is 2.79. The summed E-state index contributed by atoms with van der Waals surface area (Å²) in [6.45, 7) is 8.29. The highest BCUT2D eigenvalue weighted by Gasteiger charge is 2.06. The van der Waals surface area contributed by atoms with E-state index in [9.17, 15) is 0 Å². The van der Waals surface area contributed by atoms with Crippen molar-refractivity contribution < 1.29 is 0 Å². The highest BCUT2D eigenvalue weighted by Crippen LogP contribution is 2.20. The molecule has 0 saturated heterocycles. The number of nitrogens with one attached hydrogen (secondary N) is 1. The van der Waals surface area contributed by atoms with Crippen LogP contribution in [0.3, 0.4) is 0 Å². The van der Waals surface area contributed by atoms with Gasteiger partial charge in [-0.05, 0) is 38.0 Å². The molecule has 1 aromatic heterocycles. The largest absolute Gasteiger partial charge is 0.357 e. The lowest BCUT2D eigenvalue weighted by atomic mass is 10.1. The van der Waals surface area contributed by atoms with Crippen molar-refractivity contribution in [3.63, 3.8) is 0 Å². The molecular formula is C16H22N4. The molecule has 1 aromatic carbocycles. The maximum Gasteiger partial charge on any atom is 0.229 e. The number of nitrogens with zero attached hydrogens (tertiary/aromatic N) is 3. The molecule has 2 aromatic rings. The van der Waals surface area contributed by atoms with Crippen molar-refractivity contribution in [3.8, 4) is 0 Å². The van der Waals surface area contributed by atoms with E-state index in [0.717, 1.165) is 31.0 Å². The van der Waals surface area contributed by atoms with Crippen molar-refractivity contribution in [1.29, 1.82) is 0 Å². The van der Waals surface area contributed by atoms with Crippen LogP contribution >= 0.6 is 0 Å². The van der Waals surface area contributed by atoms with E-state index in [1.54, 1.807) is 6.20 Å². The van der Waals surface area contributed by atoms with E-state index in [0.29, 0.717) is 5.95 Å². The van der Waals surface area contributed by atoms with Crippen LogP contribution in [0.2, 0.25) is 0 Å². The fourth-order valence-electron chi connectivity index (χ4n) is 2.20. The van der Waals surface area contributed by atoms with Crippen LogP contribution in [0.25, 0.3) is 0 Å². The molecule has 0 atom stereocenters. The zero-order valence-electron chi connectivity index (χ0n) is 12.4. The van der Waals surface area contributed by atoms with Gasteiger partial charge in [-0.1, -0.05) is 25.1 Å². The molecule has 2 rings (SSSR count). The fraction of sp³-hybridized carbons (Fsp3) is 0.375. The number of aryl methyl sites for hydroxylation is 1. The summed E-state index contributed by atoms with van der Waals surface area (Å²) >= 11 is 0. The SMILES string of the molecule is CCc1ccccc1Nc1nccc(N(CC)CC)n1. The smallest absolute Gasteiger partial charge is 0.229 e. The lowest BCUT2D eigenvalue weighted by Crippen LogP contribution is -2.23. The predicted octanol–water partition coefficient (Wildman–Crippen LogP) is 3.63. The van der Waals surface area contributed by atoms with E-state index in [-0.39, 0.29) is 0 Å². The Morgan fingerprint density at radius 1 is 1.05 bits per heavy atom. The van der Waals surface area contributed by atoms with Crippen molar-refractivity contribution in [2.45, 2.75) is 27.2 Å². The van der Waals surface area contributed by atoms with Crippen LogP contribution < -0.4 is 10.2 Å². The summed E-state index contributed by atoms with van der Waals surface area (Å²) in [5.41, 5.74) is 2.34. The van der Waals surface area contributed by atoms with Gasteiger partial charge in [0, 0.05) is 25.0 Å². The fourth-order valence-corrected chi connectivity index (χ4v) is 2.20. The van der Waals surface area contributed by atoms with E-state index in [4.69, 9.17) is 0 Å². The molecule has 0 unspecified atom stereocenters. The Bertz CT molecular complexity index is 550. The molecule has 0 amide bonds. The molecule has 0 saturated carbocycles. The van der Waals surface area contributed by atoms with Gasteiger partial charge in [-0.25, -0.2) is 4.98 Å². The van der Waals surface area contributed by atoms with Crippen LogP contribution in [-0.2, 0) is 6.42 Å². The predicted molar refractivity (Wildman–Crippen MR) is 84.7 cm³/mol. The van der Waals surface area contributed by atoms with Crippen LogP contribution in [-0.4, -0.2) is 23.1 Å². The number of aromatic nitrogens is 2. The van der Waals surface area contributed by atoms with E-state index in [1.165, 1.54) is 5.56 Å². The first-order chi connectivity index (χ1) is 9.78. The number of benzene rings is 1. The van der Waals surface area contributed by atoms with Gasteiger partial charge >= 0.3 is 0 Å². The van der Waals surface area contributed by atoms with Gasteiger partial charge < -0.3 is 10.2 Å². The summed E-state index contributed by atoms with van der Waals surface area (Å²) in [5.74, 6) is 1.61. The third kappa shape index (κ3) is 3.26. The number of anilines is 3. The normalized spacial score (nSPS) is 10.3. The Labute approximate surface area is 120 Å². The topological polar surface area (TPSA) is 41.1 Å². The Hall–Kier alpha value is -2.10. The quantitative estimate of drug-likeness (QED) is 0.870. The van der Waals surface area contributed by atoms with E-state index >= 15 is 0 Å². The minimum atomic E-state index is 0.648. The lowest BCUT2D eigenvalue weighted by molar-refractivity contribution is 0.843. The van der Waals surface area contributed by atoms with E-state index < -0.39 is 0 Å². The molecule has 0 bridgehead atoms. The first-order valence-electron chi connectivity index (χ1n) is 7.21. The van der Waals surface area contributed by atoms with Crippen LogP contribution in [0, 0.1) is 0 Å². The van der Waals surface area contributed by atoms with Gasteiger partial charge in [0.25, 0.3) is 0 Å². The maximum atomic E-state index is 4.59. The van der Waals surface area contributed by atoms with Gasteiger partial charge in [0.05, 0.1) is 0 Å².